The maximum absolute atomic E-state index is 6.05. The van der Waals surface area contributed by atoms with Gasteiger partial charge < -0.3 is 9.47 Å². The lowest BCUT2D eigenvalue weighted by atomic mass is 9.72. The lowest BCUT2D eigenvalue weighted by Gasteiger charge is -2.44. The van der Waals surface area contributed by atoms with Gasteiger partial charge in [0.2, 0.25) is 0 Å². The summed E-state index contributed by atoms with van der Waals surface area (Å²) in [5.41, 5.74) is 1.96. The Hall–Kier alpha value is -1.10. The van der Waals surface area contributed by atoms with Crippen molar-refractivity contribution in [3.8, 4) is 5.75 Å². The predicted octanol–water partition coefficient (Wildman–Crippen LogP) is 3.94. The second-order valence-electron chi connectivity index (χ2n) is 8.79. The molecule has 3 heterocycles. The zero-order valence-corrected chi connectivity index (χ0v) is 16.8. The summed E-state index contributed by atoms with van der Waals surface area (Å²) >= 11 is 0. The van der Waals surface area contributed by atoms with Gasteiger partial charge in [-0.15, -0.1) is 0 Å². The number of nitrogens with zero attached hydrogens (tertiary/aromatic N) is 2. The summed E-state index contributed by atoms with van der Waals surface area (Å²) in [4.78, 5) is 5.15. The average Bonchev–Trinajstić information content (AvgIpc) is 2.72. The van der Waals surface area contributed by atoms with Gasteiger partial charge in [0.05, 0.1) is 0 Å². The molecule has 3 aliphatic rings. The first kappa shape index (κ1) is 19.2. The number of rotatable bonds is 6. The largest absolute Gasteiger partial charge is 0.492 e. The summed E-state index contributed by atoms with van der Waals surface area (Å²) in [6, 6.07) is 8.74. The van der Waals surface area contributed by atoms with E-state index in [9.17, 15) is 0 Å². The fourth-order valence-electron chi connectivity index (χ4n) is 4.96. The van der Waals surface area contributed by atoms with Crippen LogP contribution in [0.15, 0.2) is 24.3 Å². The van der Waals surface area contributed by atoms with Crippen LogP contribution in [-0.2, 0) is 11.3 Å². The molecule has 1 aromatic carbocycles. The second kappa shape index (κ2) is 9.40. The standard InChI is InChI=1S/C23H36N2O2/c1-2-11-24(12-3-1)15-18-27-22-6-4-5-21(19-22)20-25-13-7-23(8-14-25)9-16-26-17-10-23/h4-6,19H,1-3,7-18,20H2. The third-order valence-corrected chi connectivity index (χ3v) is 6.90. The molecule has 1 aromatic rings. The van der Waals surface area contributed by atoms with Gasteiger partial charge in [-0.3, -0.25) is 9.80 Å². The first-order valence-corrected chi connectivity index (χ1v) is 11.1. The van der Waals surface area contributed by atoms with Crippen molar-refractivity contribution in [3.63, 3.8) is 0 Å². The van der Waals surface area contributed by atoms with E-state index >= 15 is 0 Å². The van der Waals surface area contributed by atoms with Crippen LogP contribution in [0.2, 0.25) is 0 Å². The van der Waals surface area contributed by atoms with Crippen molar-refractivity contribution in [2.24, 2.45) is 5.41 Å². The molecule has 4 heteroatoms. The minimum Gasteiger partial charge on any atom is -0.492 e. The lowest BCUT2D eigenvalue weighted by Crippen LogP contribution is -2.42. The molecule has 0 aliphatic carbocycles. The Morgan fingerprint density at radius 1 is 0.889 bits per heavy atom. The van der Waals surface area contributed by atoms with Crippen LogP contribution in [0, 0.1) is 5.41 Å². The van der Waals surface area contributed by atoms with Gasteiger partial charge in [-0.25, -0.2) is 0 Å². The van der Waals surface area contributed by atoms with E-state index in [0.29, 0.717) is 5.41 Å². The van der Waals surface area contributed by atoms with Crippen LogP contribution in [0.25, 0.3) is 0 Å². The fraction of sp³-hybridized carbons (Fsp3) is 0.739. The molecule has 3 saturated heterocycles. The van der Waals surface area contributed by atoms with Crippen LogP contribution in [0.4, 0.5) is 0 Å². The van der Waals surface area contributed by atoms with Crippen molar-refractivity contribution in [2.75, 3.05) is 52.5 Å². The van der Waals surface area contributed by atoms with Gasteiger partial charge >= 0.3 is 0 Å². The predicted molar refractivity (Wildman–Crippen MR) is 109 cm³/mol. The van der Waals surface area contributed by atoms with Gasteiger partial charge in [-0.2, -0.15) is 0 Å². The van der Waals surface area contributed by atoms with Gasteiger partial charge in [-0.1, -0.05) is 18.6 Å². The van der Waals surface area contributed by atoms with Crippen LogP contribution in [-0.4, -0.2) is 62.3 Å². The molecular weight excluding hydrogens is 336 g/mol. The minimum absolute atomic E-state index is 0.578. The van der Waals surface area contributed by atoms with Crippen LogP contribution >= 0.6 is 0 Å². The summed E-state index contributed by atoms with van der Waals surface area (Å²) in [6.07, 6.45) is 9.29. The number of piperidine rings is 2. The molecular formula is C23H36N2O2. The summed E-state index contributed by atoms with van der Waals surface area (Å²) in [5, 5.41) is 0. The van der Waals surface area contributed by atoms with E-state index in [1.54, 1.807) is 0 Å². The molecule has 3 aliphatic heterocycles. The SMILES string of the molecule is c1cc(CN2CCC3(CCOCC3)CC2)cc(OCCN2CCCCC2)c1. The summed E-state index contributed by atoms with van der Waals surface area (Å²) in [7, 11) is 0. The van der Waals surface area contributed by atoms with E-state index < -0.39 is 0 Å². The Kier molecular flexibility index (Phi) is 6.69. The van der Waals surface area contributed by atoms with Gasteiger partial charge in [0.15, 0.2) is 0 Å². The number of hydrogen-bond donors (Lipinski definition) is 0. The molecule has 4 rings (SSSR count). The zero-order chi connectivity index (χ0) is 18.4. The highest BCUT2D eigenvalue weighted by atomic mass is 16.5. The molecule has 0 bridgehead atoms. The lowest BCUT2D eigenvalue weighted by molar-refractivity contribution is -0.0218. The van der Waals surface area contributed by atoms with Gasteiger partial charge in [-0.05, 0) is 87.8 Å². The summed E-state index contributed by atoms with van der Waals surface area (Å²) < 4.78 is 11.6. The Balaban J connectivity index is 1.22. The Labute approximate surface area is 164 Å². The molecule has 0 amide bonds. The molecule has 0 atom stereocenters. The summed E-state index contributed by atoms with van der Waals surface area (Å²) in [5.74, 6) is 1.03. The van der Waals surface area contributed by atoms with Crippen molar-refractivity contribution in [1.82, 2.24) is 9.80 Å². The Morgan fingerprint density at radius 2 is 1.67 bits per heavy atom. The molecule has 4 nitrogen and oxygen atoms in total. The summed E-state index contributed by atoms with van der Waals surface area (Å²) in [6.45, 7) is 9.78. The van der Waals surface area contributed by atoms with Crippen molar-refractivity contribution >= 4 is 0 Å². The van der Waals surface area contributed by atoms with Crippen molar-refractivity contribution in [2.45, 2.75) is 51.5 Å². The first-order chi connectivity index (χ1) is 13.3. The van der Waals surface area contributed by atoms with E-state index in [1.807, 2.05) is 0 Å². The van der Waals surface area contributed by atoms with Gasteiger partial charge in [0, 0.05) is 26.3 Å². The maximum atomic E-state index is 6.05. The van der Waals surface area contributed by atoms with Crippen molar-refractivity contribution in [1.29, 1.82) is 0 Å². The Bertz CT molecular complexity index is 569. The molecule has 27 heavy (non-hydrogen) atoms. The smallest absolute Gasteiger partial charge is 0.119 e. The monoisotopic (exact) mass is 372 g/mol. The fourth-order valence-corrected chi connectivity index (χ4v) is 4.96. The maximum Gasteiger partial charge on any atom is 0.119 e. The van der Waals surface area contributed by atoms with Gasteiger partial charge in [0.1, 0.15) is 12.4 Å². The highest BCUT2D eigenvalue weighted by Gasteiger charge is 2.35. The molecule has 0 saturated carbocycles. The molecule has 0 N–H and O–H groups in total. The highest BCUT2D eigenvalue weighted by Crippen LogP contribution is 2.40. The van der Waals surface area contributed by atoms with Crippen molar-refractivity contribution in [3.05, 3.63) is 29.8 Å². The molecule has 0 radical (unpaired) electrons. The molecule has 0 unspecified atom stereocenters. The van der Waals surface area contributed by atoms with E-state index in [1.165, 1.54) is 76.7 Å². The topological polar surface area (TPSA) is 24.9 Å². The third kappa shape index (κ3) is 5.46. The number of hydrogen-bond acceptors (Lipinski definition) is 4. The Morgan fingerprint density at radius 3 is 2.44 bits per heavy atom. The van der Waals surface area contributed by atoms with E-state index in [4.69, 9.17) is 9.47 Å². The number of likely N-dealkylation sites (tertiary alicyclic amines) is 2. The molecule has 1 spiro atoms. The molecule has 0 aromatic heterocycles. The average molecular weight is 373 g/mol. The first-order valence-electron chi connectivity index (χ1n) is 11.1. The zero-order valence-electron chi connectivity index (χ0n) is 16.8. The van der Waals surface area contributed by atoms with Crippen LogP contribution in [0.3, 0.4) is 0 Å². The van der Waals surface area contributed by atoms with Crippen molar-refractivity contribution < 1.29 is 9.47 Å². The minimum atomic E-state index is 0.578. The molecule has 3 fully saturated rings. The number of ether oxygens (including phenoxy) is 2. The van der Waals surface area contributed by atoms with Crippen LogP contribution < -0.4 is 4.74 Å². The van der Waals surface area contributed by atoms with E-state index in [2.05, 4.69) is 34.1 Å². The third-order valence-electron chi connectivity index (χ3n) is 6.90. The van der Waals surface area contributed by atoms with E-state index in [0.717, 1.165) is 38.7 Å². The molecule has 150 valence electrons. The van der Waals surface area contributed by atoms with E-state index in [-0.39, 0.29) is 0 Å². The normalized spacial score (nSPS) is 24.1. The quantitative estimate of drug-likeness (QED) is 0.755. The van der Waals surface area contributed by atoms with Crippen LogP contribution in [0.1, 0.15) is 50.5 Å². The highest BCUT2D eigenvalue weighted by molar-refractivity contribution is 5.28. The van der Waals surface area contributed by atoms with Gasteiger partial charge in [0.25, 0.3) is 0 Å². The second-order valence-corrected chi connectivity index (χ2v) is 8.79. The van der Waals surface area contributed by atoms with Crippen LogP contribution in [0.5, 0.6) is 5.75 Å². The number of benzene rings is 1.